The van der Waals surface area contributed by atoms with Gasteiger partial charge in [0.05, 0.1) is 0 Å². The second-order valence-corrected chi connectivity index (χ2v) is 6.05. The molecule has 0 radical (unpaired) electrons. The van der Waals surface area contributed by atoms with Crippen molar-refractivity contribution in [2.24, 2.45) is 5.41 Å². The maximum absolute atomic E-state index is 9.33. The van der Waals surface area contributed by atoms with Gasteiger partial charge in [0.2, 0.25) is 0 Å². The van der Waals surface area contributed by atoms with Gasteiger partial charge in [0, 0.05) is 5.02 Å². The third-order valence-electron chi connectivity index (χ3n) is 3.76. The number of aromatic hydroxyl groups is 1. The number of phenolic OH excluding ortho intramolecular Hbond substituents is 1. The van der Waals surface area contributed by atoms with E-state index in [0.717, 1.165) is 0 Å². The summed E-state index contributed by atoms with van der Waals surface area (Å²) in [6, 6.07) is 5.36. The first kappa shape index (κ1) is 11.8. The van der Waals surface area contributed by atoms with E-state index < -0.39 is 0 Å². The Morgan fingerprint density at radius 1 is 1.25 bits per heavy atom. The van der Waals surface area contributed by atoms with Crippen LogP contribution in [0, 0.1) is 5.41 Å². The minimum Gasteiger partial charge on any atom is -0.508 e. The Hall–Kier alpha value is -0.690. The molecule has 1 fully saturated rings. The lowest BCUT2D eigenvalue weighted by atomic mass is 9.71. The molecule has 1 aromatic carbocycles. The molecule has 2 heteroatoms. The van der Waals surface area contributed by atoms with Crippen molar-refractivity contribution in [1.82, 2.24) is 0 Å². The number of rotatable bonds is 1. The molecule has 1 saturated carbocycles. The highest BCUT2D eigenvalue weighted by molar-refractivity contribution is 6.31. The highest BCUT2D eigenvalue weighted by Gasteiger charge is 2.28. The van der Waals surface area contributed by atoms with Crippen LogP contribution in [0.2, 0.25) is 5.02 Å². The quantitative estimate of drug-likeness (QED) is 0.750. The molecule has 1 aliphatic rings. The zero-order valence-corrected chi connectivity index (χ0v) is 10.7. The molecule has 1 nitrogen and oxygen atoms in total. The van der Waals surface area contributed by atoms with Crippen LogP contribution in [0.5, 0.6) is 5.75 Å². The number of hydrogen-bond acceptors (Lipinski definition) is 1. The lowest BCUT2D eigenvalue weighted by molar-refractivity contribution is 0.224. The molecule has 0 spiro atoms. The van der Waals surface area contributed by atoms with E-state index in [1.807, 2.05) is 6.07 Å². The molecule has 2 rings (SSSR count). The number of benzene rings is 1. The van der Waals surface area contributed by atoms with Crippen molar-refractivity contribution in [1.29, 1.82) is 0 Å². The molecule has 0 bridgehead atoms. The van der Waals surface area contributed by atoms with Crippen molar-refractivity contribution in [3.05, 3.63) is 28.8 Å². The second-order valence-electron chi connectivity index (χ2n) is 5.64. The average Bonchev–Trinajstić information content (AvgIpc) is 2.19. The first-order chi connectivity index (χ1) is 7.48. The van der Waals surface area contributed by atoms with E-state index >= 15 is 0 Å². The Morgan fingerprint density at radius 2 is 1.88 bits per heavy atom. The Balaban J connectivity index is 2.14. The van der Waals surface area contributed by atoms with Gasteiger partial charge in [-0.25, -0.2) is 0 Å². The smallest absolute Gasteiger partial charge is 0.117 e. The van der Waals surface area contributed by atoms with Crippen molar-refractivity contribution < 1.29 is 5.11 Å². The molecule has 1 aliphatic carbocycles. The van der Waals surface area contributed by atoms with Crippen LogP contribution in [-0.4, -0.2) is 5.11 Å². The van der Waals surface area contributed by atoms with Crippen LogP contribution in [-0.2, 0) is 0 Å². The third kappa shape index (κ3) is 2.52. The zero-order chi connectivity index (χ0) is 11.8. The highest BCUT2D eigenvalue weighted by atomic mass is 35.5. The minimum absolute atomic E-state index is 0.255. The third-order valence-corrected chi connectivity index (χ3v) is 4.09. The standard InChI is InChI=1S/C14H19ClO/c1-14(2)7-5-10(6-8-14)12-4-3-11(16)9-13(12)15/h3-4,9-10,16H,5-8H2,1-2H3. The fourth-order valence-electron chi connectivity index (χ4n) is 2.56. The summed E-state index contributed by atoms with van der Waals surface area (Å²) >= 11 is 6.17. The molecule has 0 amide bonds. The molecule has 0 aromatic heterocycles. The Kier molecular flexibility index (Phi) is 3.16. The largest absolute Gasteiger partial charge is 0.508 e. The lowest BCUT2D eigenvalue weighted by Gasteiger charge is -2.34. The summed E-state index contributed by atoms with van der Waals surface area (Å²) < 4.78 is 0. The van der Waals surface area contributed by atoms with E-state index in [1.54, 1.807) is 12.1 Å². The van der Waals surface area contributed by atoms with E-state index in [0.29, 0.717) is 16.4 Å². The second kappa shape index (κ2) is 4.29. The first-order valence-electron chi connectivity index (χ1n) is 5.96. The molecular formula is C14H19ClO. The van der Waals surface area contributed by atoms with Gasteiger partial charge in [-0.2, -0.15) is 0 Å². The van der Waals surface area contributed by atoms with Crippen LogP contribution < -0.4 is 0 Å². The molecule has 1 aromatic rings. The molecule has 0 aliphatic heterocycles. The summed E-state index contributed by atoms with van der Waals surface area (Å²) in [4.78, 5) is 0. The molecule has 0 saturated heterocycles. The van der Waals surface area contributed by atoms with E-state index in [1.165, 1.54) is 31.2 Å². The van der Waals surface area contributed by atoms with Crippen LogP contribution >= 0.6 is 11.6 Å². The normalized spacial score (nSPS) is 20.9. The predicted octanol–water partition coefficient (Wildman–Crippen LogP) is 4.73. The molecule has 1 N–H and O–H groups in total. The van der Waals surface area contributed by atoms with Crippen LogP contribution in [0.3, 0.4) is 0 Å². The molecule has 16 heavy (non-hydrogen) atoms. The Morgan fingerprint density at radius 3 is 2.44 bits per heavy atom. The maximum atomic E-state index is 9.33. The zero-order valence-electron chi connectivity index (χ0n) is 9.96. The van der Waals surface area contributed by atoms with Gasteiger partial charge in [-0.05, 0) is 54.7 Å². The van der Waals surface area contributed by atoms with Crippen LogP contribution in [0.25, 0.3) is 0 Å². The molecular weight excluding hydrogens is 220 g/mol. The Bertz CT molecular complexity index is 374. The monoisotopic (exact) mass is 238 g/mol. The SMILES string of the molecule is CC1(C)CCC(c2ccc(O)cc2Cl)CC1. The van der Waals surface area contributed by atoms with Crippen LogP contribution in [0.15, 0.2) is 18.2 Å². The minimum atomic E-state index is 0.255. The van der Waals surface area contributed by atoms with Gasteiger partial charge in [-0.1, -0.05) is 31.5 Å². The van der Waals surface area contributed by atoms with Gasteiger partial charge in [0.1, 0.15) is 5.75 Å². The summed E-state index contributed by atoms with van der Waals surface area (Å²) in [5.74, 6) is 0.825. The fraction of sp³-hybridized carbons (Fsp3) is 0.571. The van der Waals surface area contributed by atoms with Gasteiger partial charge in [0.15, 0.2) is 0 Å². The predicted molar refractivity (Wildman–Crippen MR) is 68.1 cm³/mol. The van der Waals surface area contributed by atoms with E-state index in [-0.39, 0.29) is 5.75 Å². The topological polar surface area (TPSA) is 20.2 Å². The number of phenols is 1. The van der Waals surface area contributed by atoms with Crippen LogP contribution in [0.1, 0.15) is 51.0 Å². The molecule has 0 heterocycles. The first-order valence-corrected chi connectivity index (χ1v) is 6.34. The number of halogens is 1. The van der Waals surface area contributed by atoms with Crippen molar-refractivity contribution in [3.8, 4) is 5.75 Å². The fourth-order valence-corrected chi connectivity index (χ4v) is 2.89. The van der Waals surface area contributed by atoms with E-state index in [4.69, 9.17) is 11.6 Å². The van der Waals surface area contributed by atoms with Gasteiger partial charge in [-0.3, -0.25) is 0 Å². The highest BCUT2D eigenvalue weighted by Crippen LogP contribution is 2.44. The van der Waals surface area contributed by atoms with Gasteiger partial charge < -0.3 is 5.11 Å². The summed E-state index contributed by atoms with van der Waals surface area (Å²) in [6.07, 6.45) is 4.93. The van der Waals surface area contributed by atoms with Gasteiger partial charge in [0.25, 0.3) is 0 Å². The van der Waals surface area contributed by atoms with E-state index in [2.05, 4.69) is 13.8 Å². The lowest BCUT2D eigenvalue weighted by Crippen LogP contribution is -2.20. The van der Waals surface area contributed by atoms with Crippen molar-refractivity contribution in [2.75, 3.05) is 0 Å². The van der Waals surface area contributed by atoms with Crippen molar-refractivity contribution in [2.45, 2.75) is 45.4 Å². The average molecular weight is 239 g/mol. The summed E-state index contributed by atoms with van der Waals surface area (Å²) in [5.41, 5.74) is 1.69. The molecule has 88 valence electrons. The van der Waals surface area contributed by atoms with Crippen LogP contribution in [0.4, 0.5) is 0 Å². The van der Waals surface area contributed by atoms with E-state index in [9.17, 15) is 5.11 Å². The van der Waals surface area contributed by atoms with Gasteiger partial charge in [-0.15, -0.1) is 0 Å². The Labute approximate surface area is 102 Å². The number of hydrogen-bond donors (Lipinski definition) is 1. The van der Waals surface area contributed by atoms with Crippen molar-refractivity contribution in [3.63, 3.8) is 0 Å². The summed E-state index contributed by atoms with van der Waals surface area (Å²) in [6.45, 7) is 4.67. The summed E-state index contributed by atoms with van der Waals surface area (Å²) in [5, 5.41) is 10.0. The molecule has 0 unspecified atom stereocenters. The summed E-state index contributed by atoms with van der Waals surface area (Å²) in [7, 11) is 0. The van der Waals surface area contributed by atoms with Gasteiger partial charge >= 0.3 is 0 Å². The molecule has 0 atom stereocenters. The van der Waals surface area contributed by atoms with Crippen molar-refractivity contribution >= 4 is 11.6 Å². The maximum Gasteiger partial charge on any atom is 0.117 e.